The summed E-state index contributed by atoms with van der Waals surface area (Å²) in [6.07, 6.45) is 2.66. The van der Waals surface area contributed by atoms with E-state index in [4.69, 9.17) is 10.5 Å². The average molecular weight is 276 g/mol. The molecule has 0 spiro atoms. The van der Waals surface area contributed by atoms with Gasteiger partial charge in [0.25, 0.3) is 0 Å². The van der Waals surface area contributed by atoms with E-state index in [1.165, 1.54) is 5.56 Å². The number of pyridine rings is 1. The summed E-state index contributed by atoms with van der Waals surface area (Å²) < 4.78 is 5.99. The van der Waals surface area contributed by atoms with E-state index < -0.39 is 0 Å². The smallest absolute Gasteiger partial charge is 0.123 e. The van der Waals surface area contributed by atoms with Gasteiger partial charge in [-0.3, -0.25) is 4.98 Å². The monoisotopic (exact) mass is 276 g/mol. The third kappa shape index (κ3) is 2.16. The predicted octanol–water partition coefficient (Wildman–Crippen LogP) is 3.24. The molecule has 3 aromatic rings. The van der Waals surface area contributed by atoms with Crippen LogP contribution >= 0.6 is 0 Å². The zero-order valence-electron chi connectivity index (χ0n) is 11.6. The Morgan fingerprint density at radius 2 is 2.00 bits per heavy atom. The van der Waals surface area contributed by atoms with Crippen molar-refractivity contribution in [3.05, 3.63) is 71.9 Å². The van der Waals surface area contributed by atoms with Crippen LogP contribution in [0.2, 0.25) is 0 Å². The number of fused-ring (bicyclic) bond motifs is 2. The maximum Gasteiger partial charge on any atom is 0.123 e. The van der Waals surface area contributed by atoms with Crippen molar-refractivity contribution in [1.82, 2.24) is 4.98 Å². The van der Waals surface area contributed by atoms with Gasteiger partial charge in [-0.2, -0.15) is 0 Å². The van der Waals surface area contributed by atoms with Crippen LogP contribution in [0, 0.1) is 0 Å². The minimum atomic E-state index is -0.137. The van der Waals surface area contributed by atoms with Crippen LogP contribution in [0.25, 0.3) is 10.9 Å². The van der Waals surface area contributed by atoms with E-state index in [-0.39, 0.29) is 12.1 Å². The number of rotatable bonds is 2. The van der Waals surface area contributed by atoms with Gasteiger partial charge in [0.1, 0.15) is 11.9 Å². The molecule has 0 bridgehead atoms. The summed E-state index contributed by atoms with van der Waals surface area (Å²) >= 11 is 0. The molecule has 1 aliphatic rings. The van der Waals surface area contributed by atoms with Gasteiger partial charge in [0.05, 0.1) is 11.6 Å². The molecule has 0 aliphatic carbocycles. The molecule has 2 atom stereocenters. The molecular formula is C18H16N2O. The highest BCUT2D eigenvalue weighted by Gasteiger charge is 2.28. The highest BCUT2D eigenvalue weighted by Crippen LogP contribution is 2.33. The molecule has 3 nitrogen and oxygen atoms in total. The third-order valence-electron chi connectivity index (χ3n) is 4.08. The number of nitrogens with zero attached hydrogens (tertiary/aromatic N) is 1. The van der Waals surface area contributed by atoms with E-state index in [0.717, 1.165) is 28.6 Å². The maximum atomic E-state index is 6.43. The Kier molecular flexibility index (Phi) is 2.86. The highest BCUT2D eigenvalue weighted by atomic mass is 16.5. The normalized spacial score (nSPS) is 18.2. The van der Waals surface area contributed by atoms with Crippen LogP contribution in [0.1, 0.15) is 17.2 Å². The predicted molar refractivity (Wildman–Crippen MR) is 83.2 cm³/mol. The van der Waals surface area contributed by atoms with Gasteiger partial charge in [-0.1, -0.05) is 30.3 Å². The lowest BCUT2D eigenvalue weighted by atomic mass is 9.97. The molecule has 2 aromatic carbocycles. The molecule has 0 saturated carbocycles. The number of ether oxygens (including phenoxy) is 1. The molecule has 2 unspecified atom stereocenters. The summed E-state index contributed by atoms with van der Waals surface area (Å²) in [7, 11) is 0. The fourth-order valence-electron chi connectivity index (χ4n) is 2.93. The van der Waals surface area contributed by atoms with Gasteiger partial charge < -0.3 is 10.5 Å². The Bertz CT molecular complexity index is 775. The summed E-state index contributed by atoms with van der Waals surface area (Å²) in [4.78, 5) is 4.34. The maximum absolute atomic E-state index is 6.43. The minimum absolute atomic E-state index is 0.00322. The molecule has 104 valence electrons. The van der Waals surface area contributed by atoms with Gasteiger partial charge in [-0.15, -0.1) is 0 Å². The second-order valence-electron chi connectivity index (χ2n) is 5.45. The van der Waals surface area contributed by atoms with Crippen LogP contribution in [-0.4, -0.2) is 11.1 Å². The SMILES string of the molecule is NC(c1ccc2ncccc2c1)C1Cc2ccccc2O1. The first kappa shape index (κ1) is 12.4. The number of nitrogens with two attached hydrogens (primary N) is 1. The van der Waals surface area contributed by atoms with E-state index in [0.29, 0.717) is 0 Å². The summed E-state index contributed by atoms with van der Waals surface area (Å²) in [6.45, 7) is 0. The fraction of sp³-hybridized carbons (Fsp3) is 0.167. The van der Waals surface area contributed by atoms with Gasteiger partial charge in [-0.05, 0) is 35.4 Å². The van der Waals surface area contributed by atoms with Gasteiger partial charge in [-0.25, -0.2) is 0 Å². The number of benzene rings is 2. The van der Waals surface area contributed by atoms with E-state index in [1.54, 1.807) is 6.20 Å². The van der Waals surface area contributed by atoms with Crippen molar-refractivity contribution in [1.29, 1.82) is 0 Å². The van der Waals surface area contributed by atoms with Crippen molar-refractivity contribution in [3.8, 4) is 5.75 Å². The van der Waals surface area contributed by atoms with Crippen LogP contribution in [0.3, 0.4) is 0 Å². The van der Waals surface area contributed by atoms with Crippen LogP contribution in [0.15, 0.2) is 60.8 Å². The molecule has 1 aromatic heterocycles. The number of aromatic nitrogens is 1. The molecule has 0 radical (unpaired) electrons. The minimum Gasteiger partial charge on any atom is -0.488 e. The first-order chi connectivity index (χ1) is 10.3. The summed E-state index contributed by atoms with van der Waals surface area (Å²) in [5, 5.41) is 1.11. The van der Waals surface area contributed by atoms with E-state index in [1.807, 2.05) is 36.4 Å². The zero-order chi connectivity index (χ0) is 14.2. The first-order valence-corrected chi connectivity index (χ1v) is 7.16. The van der Waals surface area contributed by atoms with Gasteiger partial charge in [0, 0.05) is 18.0 Å². The second-order valence-corrected chi connectivity index (χ2v) is 5.45. The number of hydrogen-bond acceptors (Lipinski definition) is 3. The van der Waals surface area contributed by atoms with Crippen molar-refractivity contribution < 1.29 is 4.74 Å². The Labute approximate surface area is 123 Å². The quantitative estimate of drug-likeness (QED) is 0.781. The molecule has 1 aliphatic heterocycles. The van der Waals surface area contributed by atoms with E-state index in [2.05, 4.69) is 23.2 Å². The number of para-hydroxylation sites is 1. The second kappa shape index (κ2) is 4.86. The topological polar surface area (TPSA) is 48.1 Å². The van der Waals surface area contributed by atoms with Crippen LogP contribution in [0.4, 0.5) is 0 Å². The van der Waals surface area contributed by atoms with Crippen LogP contribution in [0.5, 0.6) is 5.75 Å². The lowest BCUT2D eigenvalue weighted by Gasteiger charge is -2.19. The van der Waals surface area contributed by atoms with Crippen LogP contribution < -0.4 is 10.5 Å². The van der Waals surface area contributed by atoms with Gasteiger partial charge in [0.15, 0.2) is 0 Å². The van der Waals surface area contributed by atoms with E-state index >= 15 is 0 Å². The largest absolute Gasteiger partial charge is 0.488 e. The zero-order valence-corrected chi connectivity index (χ0v) is 11.6. The summed E-state index contributed by atoms with van der Waals surface area (Å²) in [5.41, 5.74) is 9.74. The molecule has 0 amide bonds. The van der Waals surface area contributed by atoms with Gasteiger partial charge >= 0.3 is 0 Å². The van der Waals surface area contributed by atoms with Crippen LogP contribution in [-0.2, 0) is 6.42 Å². The van der Waals surface area contributed by atoms with Crippen molar-refractivity contribution in [2.75, 3.05) is 0 Å². The van der Waals surface area contributed by atoms with Crippen molar-refractivity contribution >= 4 is 10.9 Å². The third-order valence-corrected chi connectivity index (χ3v) is 4.08. The van der Waals surface area contributed by atoms with Gasteiger partial charge in [0.2, 0.25) is 0 Å². The molecule has 0 fully saturated rings. The Balaban J connectivity index is 1.64. The Morgan fingerprint density at radius 3 is 2.90 bits per heavy atom. The Morgan fingerprint density at radius 1 is 1.10 bits per heavy atom. The highest BCUT2D eigenvalue weighted by molar-refractivity contribution is 5.79. The summed E-state index contributed by atoms with van der Waals surface area (Å²) in [6, 6.07) is 18.2. The molecular weight excluding hydrogens is 260 g/mol. The molecule has 0 saturated heterocycles. The lowest BCUT2D eigenvalue weighted by molar-refractivity contribution is 0.200. The molecule has 3 heteroatoms. The van der Waals surface area contributed by atoms with Crippen molar-refractivity contribution in [3.63, 3.8) is 0 Å². The summed E-state index contributed by atoms with van der Waals surface area (Å²) in [5.74, 6) is 0.959. The standard InChI is InChI=1S/C18H16N2O/c19-18(17-11-13-4-1-2-6-16(13)21-17)14-7-8-15-12(10-14)5-3-9-20-15/h1-10,17-18H,11,19H2. The average Bonchev–Trinajstić information content (AvgIpc) is 2.97. The number of hydrogen-bond donors (Lipinski definition) is 1. The molecule has 21 heavy (non-hydrogen) atoms. The lowest BCUT2D eigenvalue weighted by Crippen LogP contribution is -2.29. The van der Waals surface area contributed by atoms with E-state index in [9.17, 15) is 0 Å². The van der Waals surface area contributed by atoms with Crippen molar-refractivity contribution in [2.45, 2.75) is 18.6 Å². The van der Waals surface area contributed by atoms with Crippen molar-refractivity contribution in [2.24, 2.45) is 5.73 Å². The molecule has 4 rings (SSSR count). The fourth-order valence-corrected chi connectivity index (χ4v) is 2.93. The Hall–Kier alpha value is -2.39. The first-order valence-electron chi connectivity index (χ1n) is 7.16. The molecule has 2 heterocycles. The molecule has 2 N–H and O–H groups in total.